The standard InChI is InChI=1S/C12H22N6/c1-3-5-13-11-10-14-16-12(15-11)18-8-6-17(4-2)7-9-18/h10H,3-9H2,1-2H3,(H,13,15,16). The van der Waals surface area contributed by atoms with Crippen molar-refractivity contribution in [2.45, 2.75) is 20.3 Å². The summed E-state index contributed by atoms with van der Waals surface area (Å²) < 4.78 is 0. The van der Waals surface area contributed by atoms with Gasteiger partial charge in [0.25, 0.3) is 0 Å². The molecule has 6 nitrogen and oxygen atoms in total. The average Bonchev–Trinajstić information content (AvgIpc) is 2.45. The van der Waals surface area contributed by atoms with Crippen LogP contribution in [0.25, 0.3) is 0 Å². The first-order valence-corrected chi connectivity index (χ1v) is 6.74. The number of anilines is 2. The molecule has 0 atom stereocenters. The lowest BCUT2D eigenvalue weighted by Crippen LogP contribution is -2.46. The zero-order valence-electron chi connectivity index (χ0n) is 11.3. The predicted molar refractivity (Wildman–Crippen MR) is 72.9 cm³/mol. The summed E-state index contributed by atoms with van der Waals surface area (Å²) in [7, 11) is 0. The Balaban J connectivity index is 1.96. The Labute approximate surface area is 108 Å². The van der Waals surface area contributed by atoms with Crippen LogP contribution in [0.15, 0.2) is 6.20 Å². The van der Waals surface area contributed by atoms with Gasteiger partial charge in [-0.3, -0.25) is 0 Å². The van der Waals surface area contributed by atoms with Crippen molar-refractivity contribution < 1.29 is 0 Å². The normalized spacial score (nSPS) is 16.9. The topological polar surface area (TPSA) is 57.2 Å². The quantitative estimate of drug-likeness (QED) is 0.835. The second kappa shape index (κ2) is 6.49. The van der Waals surface area contributed by atoms with Crippen LogP contribution in [0.5, 0.6) is 0 Å². The largest absolute Gasteiger partial charge is 0.369 e. The maximum Gasteiger partial charge on any atom is 0.247 e. The van der Waals surface area contributed by atoms with E-state index in [9.17, 15) is 0 Å². The summed E-state index contributed by atoms with van der Waals surface area (Å²) in [6.45, 7) is 10.5. The van der Waals surface area contributed by atoms with Gasteiger partial charge in [0, 0.05) is 32.7 Å². The van der Waals surface area contributed by atoms with Gasteiger partial charge in [-0.15, -0.1) is 5.10 Å². The van der Waals surface area contributed by atoms with Gasteiger partial charge in [0.15, 0.2) is 5.82 Å². The lowest BCUT2D eigenvalue weighted by Gasteiger charge is -2.33. The van der Waals surface area contributed by atoms with Gasteiger partial charge in [-0.25, -0.2) is 0 Å². The molecule has 0 spiro atoms. The van der Waals surface area contributed by atoms with E-state index < -0.39 is 0 Å². The summed E-state index contributed by atoms with van der Waals surface area (Å²) in [5, 5.41) is 11.4. The van der Waals surface area contributed by atoms with Crippen LogP contribution in [0, 0.1) is 0 Å². The highest BCUT2D eigenvalue weighted by molar-refractivity contribution is 5.39. The Hall–Kier alpha value is -1.43. The van der Waals surface area contributed by atoms with Gasteiger partial charge in [-0.2, -0.15) is 10.1 Å². The third kappa shape index (κ3) is 3.29. The number of aromatic nitrogens is 3. The molecule has 0 radical (unpaired) electrons. The minimum absolute atomic E-state index is 0.742. The van der Waals surface area contributed by atoms with E-state index in [0.717, 1.165) is 57.5 Å². The van der Waals surface area contributed by atoms with E-state index in [1.165, 1.54) is 0 Å². The van der Waals surface area contributed by atoms with Gasteiger partial charge in [-0.05, 0) is 13.0 Å². The van der Waals surface area contributed by atoms with Gasteiger partial charge >= 0.3 is 0 Å². The number of hydrogen-bond acceptors (Lipinski definition) is 6. The summed E-state index contributed by atoms with van der Waals surface area (Å²) in [6, 6.07) is 0. The van der Waals surface area contributed by atoms with E-state index in [0.29, 0.717) is 0 Å². The second-order valence-electron chi connectivity index (χ2n) is 4.49. The fourth-order valence-corrected chi connectivity index (χ4v) is 2.03. The first-order valence-electron chi connectivity index (χ1n) is 6.74. The van der Waals surface area contributed by atoms with Gasteiger partial charge in [0.05, 0.1) is 6.20 Å². The summed E-state index contributed by atoms with van der Waals surface area (Å²) in [6.07, 6.45) is 2.76. The summed E-state index contributed by atoms with van der Waals surface area (Å²) in [4.78, 5) is 9.15. The molecule has 0 amide bonds. The van der Waals surface area contributed by atoms with Crippen molar-refractivity contribution in [1.29, 1.82) is 0 Å². The molecule has 1 saturated heterocycles. The number of likely N-dealkylation sites (N-methyl/N-ethyl adjacent to an activating group) is 1. The van der Waals surface area contributed by atoms with Crippen LogP contribution in [-0.4, -0.2) is 59.3 Å². The molecular formula is C12H22N6. The number of rotatable bonds is 5. The maximum absolute atomic E-state index is 4.51. The number of nitrogens with zero attached hydrogens (tertiary/aromatic N) is 5. The number of piperazine rings is 1. The van der Waals surface area contributed by atoms with Gasteiger partial charge in [0.2, 0.25) is 5.95 Å². The van der Waals surface area contributed by atoms with E-state index in [1.54, 1.807) is 6.20 Å². The molecule has 1 aliphatic heterocycles. The molecule has 100 valence electrons. The van der Waals surface area contributed by atoms with E-state index in [1.807, 2.05) is 0 Å². The molecule has 1 aliphatic rings. The fraction of sp³-hybridized carbons (Fsp3) is 0.750. The summed E-state index contributed by atoms with van der Waals surface area (Å²) in [5.41, 5.74) is 0. The fourth-order valence-electron chi connectivity index (χ4n) is 2.03. The van der Waals surface area contributed by atoms with Gasteiger partial charge < -0.3 is 15.1 Å². The molecule has 1 aromatic heterocycles. The minimum Gasteiger partial charge on any atom is -0.369 e. The van der Waals surface area contributed by atoms with Crippen molar-refractivity contribution in [1.82, 2.24) is 20.1 Å². The average molecular weight is 250 g/mol. The SMILES string of the molecule is CCCNc1cnnc(N2CCN(CC)CC2)n1. The van der Waals surface area contributed by atoms with Crippen molar-refractivity contribution >= 4 is 11.8 Å². The Morgan fingerprint density at radius 1 is 1.22 bits per heavy atom. The first kappa shape index (κ1) is 13.0. The molecule has 1 fully saturated rings. The highest BCUT2D eigenvalue weighted by Gasteiger charge is 2.18. The third-order valence-corrected chi connectivity index (χ3v) is 3.21. The monoisotopic (exact) mass is 250 g/mol. The van der Waals surface area contributed by atoms with E-state index >= 15 is 0 Å². The zero-order chi connectivity index (χ0) is 12.8. The molecule has 1 aromatic rings. The van der Waals surface area contributed by atoms with E-state index in [4.69, 9.17) is 0 Å². The molecule has 18 heavy (non-hydrogen) atoms. The van der Waals surface area contributed by atoms with Crippen LogP contribution in [0.1, 0.15) is 20.3 Å². The molecule has 2 rings (SSSR count). The van der Waals surface area contributed by atoms with Gasteiger partial charge in [-0.1, -0.05) is 13.8 Å². The van der Waals surface area contributed by atoms with Crippen LogP contribution in [0.3, 0.4) is 0 Å². The minimum atomic E-state index is 0.742. The van der Waals surface area contributed by atoms with E-state index in [2.05, 4.69) is 44.1 Å². The predicted octanol–water partition coefficient (Wildman–Crippen LogP) is 0.835. The lowest BCUT2D eigenvalue weighted by molar-refractivity contribution is 0.269. The molecule has 0 unspecified atom stereocenters. The molecule has 2 heterocycles. The smallest absolute Gasteiger partial charge is 0.247 e. The third-order valence-electron chi connectivity index (χ3n) is 3.21. The van der Waals surface area contributed by atoms with Crippen molar-refractivity contribution in [2.75, 3.05) is 49.5 Å². The molecule has 6 heteroatoms. The van der Waals surface area contributed by atoms with E-state index in [-0.39, 0.29) is 0 Å². The lowest BCUT2D eigenvalue weighted by atomic mass is 10.3. The summed E-state index contributed by atoms with van der Waals surface area (Å²) >= 11 is 0. The molecule has 0 aliphatic carbocycles. The number of hydrogen-bond donors (Lipinski definition) is 1. The Kier molecular flexibility index (Phi) is 4.69. The van der Waals surface area contributed by atoms with Crippen LogP contribution < -0.4 is 10.2 Å². The highest BCUT2D eigenvalue weighted by atomic mass is 15.4. The van der Waals surface area contributed by atoms with Gasteiger partial charge in [0.1, 0.15) is 0 Å². The second-order valence-corrected chi connectivity index (χ2v) is 4.49. The van der Waals surface area contributed by atoms with Crippen molar-refractivity contribution in [3.8, 4) is 0 Å². The van der Waals surface area contributed by atoms with Crippen LogP contribution in [-0.2, 0) is 0 Å². The number of nitrogens with one attached hydrogen (secondary N) is 1. The molecule has 0 bridgehead atoms. The maximum atomic E-state index is 4.51. The summed E-state index contributed by atoms with van der Waals surface area (Å²) in [5.74, 6) is 1.56. The van der Waals surface area contributed by atoms with Crippen LogP contribution >= 0.6 is 0 Å². The Morgan fingerprint density at radius 2 is 2.00 bits per heavy atom. The van der Waals surface area contributed by atoms with Crippen molar-refractivity contribution in [2.24, 2.45) is 0 Å². The molecule has 1 N–H and O–H groups in total. The van der Waals surface area contributed by atoms with Crippen molar-refractivity contribution in [3.05, 3.63) is 6.20 Å². The Bertz CT molecular complexity index is 361. The first-order chi connectivity index (χ1) is 8.83. The molecule has 0 saturated carbocycles. The molecule has 0 aromatic carbocycles. The van der Waals surface area contributed by atoms with Crippen LogP contribution in [0.4, 0.5) is 11.8 Å². The Morgan fingerprint density at radius 3 is 2.67 bits per heavy atom. The molecular weight excluding hydrogens is 228 g/mol. The van der Waals surface area contributed by atoms with Crippen LogP contribution in [0.2, 0.25) is 0 Å². The zero-order valence-corrected chi connectivity index (χ0v) is 11.3. The van der Waals surface area contributed by atoms with Crippen molar-refractivity contribution in [3.63, 3.8) is 0 Å². The highest BCUT2D eigenvalue weighted by Crippen LogP contribution is 2.12.